The zero-order valence-electron chi connectivity index (χ0n) is 9.28. The maximum absolute atomic E-state index is 11.3. The Morgan fingerprint density at radius 1 is 1.40 bits per heavy atom. The molecule has 0 bridgehead atoms. The van der Waals surface area contributed by atoms with E-state index in [9.17, 15) is 9.59 Å². The van der Waals surface area contributed by atoms with Gasteiger partial charge in [0.2, 0.25) is 5.91 Å². The fourth-order valence-corrected chi connectivity index (χ4v) is 1.31. The van der Waals surface area contributed by atoms with Crippen LogP contribution in [-0.4, -0.2) is 56.5 Å². The average molecular weight is 214 g/mol. The Balaban J connectivity index is 2.13. The van der Waals surface area contributed by atoms with Gasteiger partial charge in [-0.2, -0.15) is 0 Å². The number of nitrogens with one attached hydrogen (secondary N) is 1. The van der Waals surface area contributed by atoms with Crippen molar-refractivity contribution in [1.29, 1.82) is 0 Å². The van der Waals surface area contributed by atoms with Gasteiger partial charge in [0.25, 0.3) is 0 Å². The van der Waals surface area contributed by atoms with Crippen molar-refractivity contribution in [3.8, 4) is 0 Å². The number of ketones is 1. The van der Waals surface area contributed by atoms with Gasteiger partial charge < -0.3 is 10.1 Å². The number of hydrogen-bond donors (Lipinski definition) is 1. The van der Waals surface area contributed by atoms with Crippen LogP contribution in [0.2, 0.25) is 0 Å². The van der Waals surface area contributed by atoms with E-state index in [1.807, 2.05) is 0 Å². The first-order valence-corrected chi connectivity index (χ1v) is 5.10. The minimum atomic E-state index is -0.0146. The maximum Gasteiger partial charge on any atom is 0.234 e. The van der Waals surface area contributed by atoms with E-state index in [4.69, 9.17) is 4.74 Å². The molecule has 5 nitrogen and oxygen atoms in total. The number of amides is 1. The molecule has 0 aromatic heterocycles. The third kappa shape index (κ3) is 5.49. The van der Waals surface area contributed by atoms with Crippen LogP contribution in [0.25, 0.3) is 0 Å². The summed E-state index contributed by atoms with van der Waals surface area (Å²) in [6.45, 7) is 0.631. The lowest BCUT2D eigenvalue weighted by Crippen LogP contribution is -2.39. The molecular formula is C10H18N2O3. The number of methoxy groups -OCH3 is 1. The van der Waals surface area contributed by atoms with E-state index in [2.05, 4.69) is 5.32 Å². The third-order valence-electron chi connectivity index (χ3n) is 2.11. The summed E-state index contributed by atoms with van der Waals surface area (Å²) in [5.74, 6) is -0.0237. The molecule has 1 aliphatic rings. The number of carbonyl (C=O) groups excluding carboxylic acids is 2. The lowest BCUT2D eigenvalue weighted by molar-refractivity contribution is -0.125. The van der Waals surface area contributed by atoms with E-state index >= 15 is 0 Å². The van der Waals surface area contributed by atoms with Gasteiger partial charge in [-0.05, 0) is 19.9 Å². The van der Waals surface area contributed by atoms with Crippen LogP contribution in [0, 0.1) is 0 Å². The molecule has 0 aromatic rings. The largest absolute Gasteiger partial charge is 0.377 e. The SMILES string of the molecule is COCC(=O)CN(C)CC(=O)NC1CC1. The second-order valence-electron chi connectivity index (χ2n) is 3.99. The normalized spacial score (nSPS) is 15.4. The first-order valence-electron chi connectivity index (χ1n) is 5.10. The van der Waals surface area contributed by atoms with Crippen LogP contribution in [0.15, 0.2) is 0 Å². The minimum Gasteiger partial charge on any atom is -0.377 e. The highest BCUT2D eigenvalue weighted by Crippen LogP contribution is 2.18. The molecule has 86 valence electrons. The summed E-state index contributed by atoms with van der Waals surface area (Å²) in [4.78, 5) is 24.2. The zero-order chi connectivity index (χ0) is 11.3. The monoisotopic (exact) mass is 214 g/mol. The van der Waals surface area contributed by atoms with Gasteiger partial charge in [-0.15, -0.1) is 0 Å². The summed E-state index contributed by atoms with van der Waals surface area (Å²) >= 11 is 0. The van der Waals surface area contributed by atoms with Crippen molar-refractivity contribution in [2.24, 2.45) is 0 Å². The van der Waals surface area contributed by atoms with E-state index in [0.717, 1.165) is 12.8 Å². The smallest absolute Gasteiger partial charge is 0.234 e. The van der Waals surface area contributed by atoms with Gasteiger partial charge in [-0.25, -0.2) is 0 Å². The van der Waals surface area contributed by atoms with Gasteiger partial charge in [-0.1, -0.05) is 0 Å². The molecule has 1 fully saturated rings. The second kappa shape index (κ2) is 5.82. The van der Waals surface area contributed by atoms with Crippen molar-refractivity contribution in [2.75, 3.05) is 33.9 Å². The number of hydrogen-bond acceptors (Lipinski definition) is 4. The molecule has 0 saturated heterocycles. The van der Waals surface area contributed by atoms with Crippen LogP contribution < -0.4 is 5.32 Å². The molecule has 0 aromatic carbocycles. The standard InChI is InChI=1S/C10H18N2O3/c1-12(5-9(13)7-15-2)6-10(14)11-8-3-4-8/h8H,3-7H2,1-2H3,(H,11,14). The molecule has 1 saturated carbocycles. The number of carbonyl (C=O) groups is 2. The first kappa shape index (κ1) is 12.1. The molecule has 1 amide bonds. The summed E-state index contributed by atoms with van der Waals surface area (Å²) in [5, 5.41) is 2.87. The van der Waals surface area contributed by atoms with Crippen molar-refractivity contribution in [2.45, 2.75) is 18.9 Å². The van der Waals surface area contributed by atoms with Crippen LogP contribution in [-0.2, 0) is 14.3 Å². The van der Waals surface area contributed by atoms with Crippen molar-refractivity contribution < 1.29 is 14.3 Å². The number of Topliss-reactive ketones (excluding diaryl/α,β-unsaturated/α-hetero) is 1. The van der Waals surface area contributed by atoms with Crippen molar-refractivity contribution in [3.05, 3.63) is 0 Å². The van der Waals surface area contributed by atoms with E-state index < -0.39 is 0 Å². The van der Waals surface area contributed by atoms with E-state index in [1.165, 1.54) is 7.11 Å². The molecule has 5 heteroatoms. The van der Waals surface area contributed by atoms with Crippen LogP contribution in [0.1, 0.15) is 12.8 Å². The van der Waals surface area contributed by atoms with Crippen molar-refractivity contribution in [1.82, 2.24) is 10.2 Å². The van der Waals surface area contributed by atoms with E-state index in [-0.39, 0.29) is 31.4 Å². The molecule has 1 aliphatic carbocycles. The summed E-state index contributed by atoms with van der Waals surface area (Å²) in [6.07, 6.45) is 2.16. The number of ether oxygens (including phenoxy) is 1. The van der Waals surface area contributed by atoms with E-state index in [1.54, 1.807) is 11.9 Å². The van der Waals surface area contributed by atoms with Crippen LogP contribution in [0.4, 0.5) is 0 Å². The minimum absolute atomic E-state index is 0.00906. The Bertz CT molecular complexity index is 239. The molecule has 0 atom stereocenters. The van der Waals surface area contributed by atoms with E-state index in [0.29, 0.717) is 6.04 Å². The number of nitrogens with zero attached hydrogens (tertiary/aromatic N) is 1. The summed E-state index contributed by atoms with van der Waals surface area (Å²) < 4.78 is 4.71. The van der Waals surface area contributed by atoms with Gasteiger partial charge in [0.1, 0.15) is 6.61 Å². The lowest BCUT2D eigenvalue weighted by Gasteiger charge is -2.14. The quantitative estimate of drug-likeness (QED) is 0.615. The Labute approximate surface area is 89.8 Å². The summed E-state index contributed by atoms with van der Waals surface area (Å²) in [5.41, 5.74) is 0. The van der Waals surface area contributed by atoms with Crippen LogP contribution in [0.5, 0.6) is 0 Å². The molecule has 15 heavy (non-hydrogen) atoms. The average Bonchev–Trinajstić information content (AvgIpc) is 2.87. The predicted molar refractivity (Wildman–Crippen MR) is 55.5 cm³/mol. The van der Waals surface area contributed by atoms with Gasteiger partial charge in [0.15, 0.2) is 5.78 Å². The Hall–Kier alpha value is -0.940. The van der Waals surface area contributed by atoms with Crippen molar-refractivity contribution in [3.63, 3.8) is 0 Å². The second-order valence-corrected chi connectivity index (χ2v) is 3.99. The predicted octanol–water partition coefficient (Wildman–Crippen LogP) is -0.588. The van der Waals surface area contributed by atoms with Gasteiger partial charge in [0, 0.05) is 13.2 Å². The molecule has 0 radical (unpaired) electrons. The third-order valence-corrected chi connectivity index (χ3v) is 2.11. The number of likely N-dealkylation sites (N-methyl/N-ethyl adjacent to an activating group) is 1. The molecule has 0 unspecified atom stereocenters. The highest BCUT2D eigenvalue weighted by atomic mass is 16.5. The molecule has 0 spiro atoms. The zero-order valence-corrected chi connectivity index (χ0v) is 9.28. The van der Waals surface area contributed by atoms with Crippen LogP contribution >= 0.6 is 0 Å². The fraction of sp³-hybridized carbons (Fsp3) is 0.800. The first-order chi connectivity index (χ1) is 7.11. The van der Waals surface area contributed by atoms with Gasteiger partial charge in [0.05, 0.1) is 13.1 Å². The molecule has 0 heterocycles. The molecule has 1 N–H and O–H groups in total. The number of rotatable bonds is 7. The highest BCUT2D eigenvalue weighted by molar-refractivity contribution is 5.83. The Kier molecular flexibility index (Phi) is 4.71. The van der Waals surface area contributed by atoms with Crippen LogP contribution in [0.3, 0.4) is 0 Å². The summed E-state index contributed by atoms with van der Waals surface area (Å²) in [7, 11) is 3.23. The lowest BCUT2D eigenvalue weighted by atomic mass is 10.3. The topological polar surface area (TPSA) is 58.6 Å². The molecule has 1 rings (SSSR count). The highest BCUT2D eigenvalue weighted by Gasteiger charge is 2.23. The Morgan fingerprint density at radius 2 is 2.07 bits per heavy atom. The maximum atomic E-state index is 11.3. The molecule has 0 aliphatic heterocycles. The molecular weight excluding hydrogens is 196 g/mol. The Morgan fingerprint density at radius 3 is 2.60 bits per heavy atom. The fourth-order valence-electron chi connectivity index (χ4n) is 1.31. The van der Waals surface area contributed by atoms with Crippen molar-refractivity contribution >= 4 is 11.7 Å². The van der Waals surface area contributed by atoms with Gasteiger partial charge >= 0.3 is 0 Å². The van der Waals surface area contributed by atoms with Gasteiger partial charge in [-0.3, -0.25) is 14.5 Å². The summed E-state index contributed by atoms with van der Waals surface area (Å²) in [6, 6.07) is 0.376.